The van der Waals surface area contributed by atoms with Crippen LogP contribution in [0.4, 0.5) is 0 Å². The predicted octanol–water partition coefficient (Wildman–Crippen LogP) is 2.03. The summed E-state index contributed by atoms with van der Waals surface area (Å²) in [5.74, 6) is 0.905. The molecule has 0 bridgehead atoms. The summed E-state index contributed by atoms with van der Waals surface area (Å²) >= 11 is 0. The summed E-state index contributed by atoms with van der Waals surface area (Å²) in [7, 11) is 1.68. The van der Waals surface area contributed by atoms with Crippen LogP contribution in [0.3, 0.4) is 0 Å². The number of aliphatic hydroxyl groups excluding tert-OH is 1. The van der Waals surface area contributed by atoms with Crippen LogP contribution in [0.15, 0.2) is 18.2 Å². The van der Waals surface area contributed by atoms with E-state index in [0.717, 1.165) is 18.6 Å². The fourth-order valence-electron chi connectivity index (χ4n) is 1.90. The monoisotopic (exact) mass is 192 g/mol. The molecule has 0 atom stereocenters. The van der Waals surface area contributed by atoms with Gasteiger partial charge < -0.3 is 9.84 Å². The molecule has 0 saturated heterocycles. The van der Waals surface area contributed by atoms with Crippen molar-refractivity contribution < 1.29 is 9.84 Å². The third-order valence-electron chi connectivity index (χ3n) is 3.08. The van der Waals surface area contributed by atoms with E-state index >= 15 is 0 Å². The zero-order valence-corrected chi connectivity index (χ0v) is 8.71. The third kappa shape index (κ3) is 1.40. The van der Waals surface area contributed by atoms with Gasteiger partial charge in [-0.05, 0) is 25.8 Å². The lowest BCUT2D eigenvalue weighted by Gasteiger charge is -2.16. The van der Waals surface area contributed by atoms with Crippen LogP contribution in [0.25, 0.3) is 0 Å². The van der Waals surface area contributed by atoms with Crippen molar-refractivity contribution in [2.75, 3.05) is 13.7 Å². The number of benzene rings is 1. The minimum absolute atomic E-state index is 0.00262. The van der Waals surface area contributed by atoms with Crippen LogP contribution < -0.4 is 4.74 Å². The molecule has 0 aromatic heterocycles. The molecule has 0 aliphatic heterocycles. The highest BCUT2D eigenvalue weighted by molar-refractivity contribution is 5.45. The van der Waals surface area contributed by atoms with Crippen molar-refractivity contribution in [2.24, 2.45) is 0 Å². The van der Waals surface area contributed by atoms with Crippen LogP contribution in [-0.2, 0) is 5.41 Å². The van der Waals surface area contributed by atoms with Crippen LogP contribution in [0.5, 0.6) is 5.75 Å². The molecule has 1 fully saturated rings. The molecule has 0 amide bonds. The second kappa shape index (κ2) is 3.28. The van der Waals surface area contributed by atoms with E-state index in [1.165, 1.54) is 11.1 Å². The second-order valence-electron chi connectivity index (χ2n) is 4.14. The molecule has 1 saturated carbocycles. The topological polar surface area (TPSA) is 29.5 Å². The van der Waals surface area contributed by atoms with Gasteiger partial charge in [0.15, 0.2) is 0 Å². The first-order chi connectivity index (χ1) is 6.72. The van der Waals surface area contributed by atoms with Gasteiger partial charge in [0.25, 0.3) is 0 Å². The largest absolute Gasteiger partial charge is 0.496 e. The molecule has 2 nitrogen and oxygen atoms in total. The average molecular weight is 192 g/mol. The highest BCUT2D eigenvalue weighted by Gasteiger charge is 2.45. The number of hydrogen-bond acceptors (Lipinski definition) is 2. The van der Waals surface area contributed by atoms with E-state index in [1.54, 1.807) is 7.11 Å². The highest BCUT2D eigenvalue weighted by Crippen LogP contribution is 2.50. The lowest BCUT2D eigenvalue weighted by molar-refractivity contribution is 0.251. The van der Waals surface area contributed by atoms with E-state index in [1.807, 2.05) is 12.1 Å². The molecule has 1 aliphatic carbocycles. The predicted molar refractivity (Wildman–Crippen MR) is 55.7 cm³/mol. The molecular weight excluding hydrogens is 176 g/mol. The Morgan fingerprint density at radius 3 is 2.64 bits per heavy atom. The summed E-state index contributed by atoms with van der Waals surface area (Å²) in [6, 6.07) is 6.15. The zero-order valence-electron chi connectivity index (χ0n) is 8.71. The maximum Gasteiger partial charge on any atom is 0.122 e. The molecule has 1 aromatic carbocycles. The fourth-order valence-corrected chi connectivity index (χ4v) is 1.90. The van der Waals surface area contributed by atoms with Gasteiger partial charge in [-0.1, -0.05) is 17.7 Å². The molecule has 2 heteroatoms. The molecule has 2 rings (SSSR count). The van der Waals surface area contributed by atoms with E-state index < -0.39 is 0 Å². The van der Waals surface area contributed by atoms with Crippen molar-refractivity contribution in [1.29, 1.82) is 0 Å². The van der Waals surface area contributed by atoms with Crippen LogP contribution >= 0.6 is 0 Å². The number of aliphatic hydroxyl groups is 1. The molecular formula is C12H16O2. The molecule has 0 spiro atoms. The van der Waals surface area contributed by atoms with Gasteiger partial charge in [0.05, 0.1) is 13.7 Å². The summed E-state index contributed by atoms with van der Waals surface area (Å²) in [6.07, 6.45) is 2.15. The maximum atomic E-state index is 9.37. The minimum atomic E-state index is -0.00262. The zero-order chi connectivity index (χ0) is 10.2. The van der Waals surface area contributed by atoms with Crippen molar-refractivity contribution in [1.82, 2.24) is 0 Å². The van der Waals surface area contributed by atoms with Crippen LogP contribution in [0, 0.1) is 6.92 Å². The van der Waals surface area contributed by atoms with Crippen molar-refractivity contribution >= 4 is 0 Å². The van der Waals surface area contributed by atoms with E-state index in [-0.39, 0.29) is 12.0 Å². The van der Waals surface area contributed by atoms with Crippen molar-refractivity contribution in [3.05, 3.63) is 29.3 Å². The third-order valence-corrected chi connectivity index (χ3v) is 3.08. The normalized spacial score (nSPS) is 17.9. The Morgan fingerprint density at radius 2 is 2.14 bits per heavy atom. The van der Waals surface area contributed by atoms with Gasteiger partial charge in [0.1, 0.15) is 5.75 Å². The highest BCUT2D eigenvalue weighted by atomic mass is 16.5. The Hall–Kier alpha value is -1.02. The SMILES string of the molecule is COc1ccc(C)cc1C1(CO)CC1. The van der Waals surface area contributed by atoms with E-state index in [2.05, 4.69) is 13.0 Å². The van der Waals surface area contributed by atoms with Crippen molar-refractivity contribution in [3.63, 3.8) is 0 Å². The van der Waals surface area contributed by atoms with Crippen molar-refractivity contribution in [2.45, 2.75) is 25.2 Å². The number of rotatable bonds is 3. The first kappa shape index (κ1) is 9.53. The number of aryl methyl sites for hydroxylation is 1. The smallest absolute Gasteiger partial charge is 0.122 e. The standard InChI is InChI=1S/C12H16O2/c1-9-3-4-11(14-2)10(7-9)12(8-13)5-6-12/h3-4,7,13H,5-6,8H2,1-2H3. The number of ether oxygens (including phenoxy) is 1. The van der Waals surface area contributed by atoms with Crippen molar-refractivity contribution in [3.8, 4) is 5.75 Å². The Kier molecular flexibility index (Phi) is 2.23. The molecule has 1 aromatic rings. The van der Waals surface area contributed by atoms with Crippen LogP contribution in [-0.4, -0.2) is 18.8 Å². The summed E-state index contributed by atoms with van der Waals surface area (Å²) in [5.41, 5.74) is 2.39. The van der Waals surface area contributed by atoms with Gasteiger partial charge in [0, 0.05) is 11.0 Å². The van der Waals surface area contributed by atoms with Crippen LogP contribution in [0.1, 0.15) is 24.0 Å². The molecule has 0 heterocycles. The molecule has 76 valence electrons. The van der Waals surface area contributed by atoms with Crippen LogP contribution in [0.2, 0.25) is 0 Å². The lowest BCUT2D eigenvalue weighted by Crippen LogP contribution is -2.13. The van der Waals surface area contributed by atoms with E-state index in [0.29, 0.717) is 0 Å². The Bertz CT molecular complexity index is 340. The van der Waals surface area contributed by atoms with E-state index in [4.69, 9.17) is 4.74 Å². The van der Waals surface area contributed by atoms with Gasteiger partial charge in [-0.3, -0.25) is 0 Å². The quantitative estimate of drug-likeness (QED) is 0.794. The summed E-state index contributed by atoms with van der Waals surface area (Å²) in [6.45, 7) is 2.29. The Balaban J connectivity index is 2.44. The number of hydrogen-bond donors (Lipinski definition) is 1. The molecule has 1 aliphatic rings. The second-order valence-corrected chi connectivity index (χ2v) is 4.14. The minimum Gasteiger partial charge on any atom is -0.496 e. The maximum absolute atomic E-state index is 9.37. The molecule has 14 heavy (non-hydrogen) atoms. The molecule has 0 radical (unpaired) electrons. The van der Waals surface area contributed by atoms with Gasteiger partial charge >= 0.3 is 0 Å². The van der Waals surface area contributed by atoms with Gasteiger partial charge in [-0.25, -0.2) is 0 Å². The summed E-state index contributed by atoms with van der Waals surface area (Å²) in [4.78, 5) is 0. The Labute approximate surface area is 84.5 Å². The summed E-state index contributed by atoms with van der Waals surface area (Å²) in [5, 5.41) is 9.37. The first-order valence-corrected chi connectivity index (χ1v) is 4.98. The first-order valence-electron chi connectivity index (χ1n) is 4.98. The summed E-state index contributed by atoms with van der Waals surface area (Å²) < 4.78 is 5.32. The molecule has 1 N–H and O–H groups in total. The number of methoxy groups -OCH3 is 1. The lowest BCUT2D eigenvalue weighted by atomic mass is 9.94. The van der Waals surface area contributed by atoms with E-state index in [9.17, 15) is 5.11 Å². The fraction of sp³-hybridized carbons (Fsp3) is 0.500. The van der Waals surface area contributed by atoms with Gasteiger partial charge in [0.2, 0.25) is 0 Å². The average Bonchev–Trinajstić information content (AvgIpc) is 2.98. The van der Waals surface area contributed by atoms with Gasteiger partial charge in [-0.2, -0.15) is 0 Å². The van der Waals surface area contributed by atoms with Gasteiger partial charge in [-0.15, -0.1) is 0 Å². The Morgan fingerprint density at radius 1 is 1.43 bits per heavy atom. The molecule has 0 unspecified atom stereocenters.